The molecular formula is C18H23NO3S. The second kappa shape index (κ2) is 7.39. The number of ether oxygens (including phenoxy) is 1. The molecule has 4 nitrogen and oxygen atoms in total. The zero-order valence-electron chi connectivity index (χ0n) is 13.4. The van der Waals surface area contributed by atoms with Gasteiger partial charge in [0.2, 0.25) is 5.91 Å². The predicted octanol–water partition coefficient (Wildman–Crippen LogP) is 3.79. The minimum atomic E-state index is -0.307. The highest BCUT2D eigenvalue weighted by Crippen LogP contribution is 2.29. The number of carbonyl (C=O) groups is 2. The lowest BCUT2D eigenvalue weighted by Crippen LogP contribution is -2.25. The molecule has 2 aliphatic rings. The molecule has 1 saturated heterocycles. The molecule has 23 heavy (non-hydrogen) atoms. The molecule has 5 heteroatoms. The summed E-state index contributed by atoms with van der Waals surface area (Å²) >= 11 is 1.07. The molecule has 1 aromatic carbocycles. The molecule has 1 unspecified atom stereocenters. The Hall–Kier alpha value is -1.49. The van der Waals surface area contributed by atoms with Crippen LogP contribution in [0.4, 0.5) is 4.79 Å². The fourth-order valence-electron chi connectivity index (χ4n) is 3.17. The minimum Gasteiger partial charge on any atom is -0.493 e. The predicted molar refractivity (Wildman–Crippen MR) is 91.7 cm³/mol. The summed E-state index contributed by atoms with van der Waals surface area (Å²) in [6.07, 6.45) is 5.73. The Morgan fingerprint density at radius 3 is 2.43 bits per heavy atom. The molecule has 1 heterocycles. The number of hydrogen-bond acceptors (Lipinski definition) is 4. The molecule has 3 rings (SSSR count). The summed E-state index contributed by atoms with van der Waals surface area (Å²) in [6, 6.07) is 7.88. The van der Waals surface area contributed by atoms with Crippen LogP contribution in [0.1, 0.15) is 38.2 Å². The summed E-state index contributed by atoms with van der Waals surface area (Å²) in [6.45, 7) is 3.12. The summed E-state index contributed by atoms with van der Waals surface area (Å²) in [5.74, 6) is 2.23. The molecule has 1 aromatic rings. The van der Waals surface area contributed by atoms with E-state index in [-0.39, 0.29) is 16.4 Å². The second-order valence-electron chi connectivity index (χ2n) is 6.67. The van der Waals surface area contributed by atoms with E-state index in [2.05, 4.69) is 12.2 Å². The Labute approximate surface area is 141 Å². The second-order valence-corrected chi connectivity index (χ2v) is 7.84. The topological polar surface area (TPSA) is 55.4 Å². The minimum absolute atomic E-state index is 0.188. The van der Waals surface area contributed by atoms with Gasteiger partial charge in [-0.05, 0) is 48.8 Å². The van der Waals surface area contributed by atoms with Crippen molar-refractivity contribution in [3.63, 3.8) is 0 Å². The monoisotopic (exact) mass is 333 g/mol. The maximum absolute atomic E-state index is 11.6. The first kappa shape index (κ1) is 16.4. The third kappa shape index (κ3) is 4.50. The number of benzene rings is 1. The van der Waals surface area contributed by atoms with E-state index in [1.165, 1.54) is 25.7 Å². The van der Waals surface area contributed by atoms with Crippen LogP contribution >= 0.6 is 11.8 Å². The first-order valence-corrected chi connectivity index (χ1v) is 9.21. The number of carbonyl (C=O) groups excluding carboxylic acids is 2. The van der Waals surface area contributed by atoms with Crippen molar-refractivity contribution in [3.05, 3.63) is 29.8 Å². The Morgan fingerprint density at radius 2 is 1.83 bits per heavy atom. The van der Waals surface area contributed by atoms with Gasteiger partial charge in [0.05, 0.1) is 11.9 Å². The molecule has 2 amide bonds. The SMILES string of the molecule is CC1CCC(COc2ccc(CC3SC(=O)NC3=O)cc2)CC1. The average Bonchev–Trinajstić information content (AvgIpc) is 2.86. The van der Waals surface area contributed by atoms with E-state index in [4.69, 9.17) is 4.74 Å². The molecule has 1 N–H and O–H groups in total. The fourth-order valence-corrected chi connectivity index (χ4v) is 4.03. The average molecular weight is 333 g/mol. The number of nitrogens with one attached hydrogen (secondary N) is 1. The van der Waals surface area contributed by atoms with Crippen molar-refractivity contribution in [1.82, 2.24) is 5.32 Å². The van der Waals surface area contributed by atoms with Gasteiger partial charge in [0.25, 0.3) is 5.24 Å². The maximum Gasteiger partial charge on any atom is 0.286 e. The third-order valence-corrected chi connectivity index (χ3v) is 5.71. The van der Waals surface area contributed by atoms with E-state index in [9.17, 15) is 9.59 Å². The zero-order chi connectivity index (χ0) is 16.2. The van der Waals surface area contributed by atoms with Crippen LogP contribution in [0.2, 0.25) is 0 Å². The van der Waals surface area contributed by atoms with E-state index >= 15 is 0 Å². The van der Waals surface area contributed by atoms with E-state index in [0.717, 1.165) is 35.6 Å². The fraction of sp³-hybridized carbons (Fsp3) is 0.556. The van der Waals surface area contributed by atoms with Crippen molar-refractivity contribution >= 4 is 22.9 Å². The summed E-state index contributed by atoms with van der Waals surface area (Å²) in [5.41, 5.74) is 1.05. The molecule has 2 fully saturated rings. The lowest BCUT2D eigenvalue weighted by molar-refractivity contribution is -0.118. The van der Waals surface area contributed by atoms with Gasteiger partial charge in [0.15, 0.2) is 0 Å². The number of hydrogen-bond donors (Lipinski definition) is 1. The van der Waals surface area contributed by atoms with Gasteiger partial charge in [-0.2, -0.15) is 0 Å². The highest BCUT2D eigenvalue weighted by atomic mass is 32.2. The molecule has 0 radical (unpaired) electrons. The summed E-state index contributed by atoms with van der Waals surface area (Å²) < 4.78 is 5.91. The van der Waals surface area contributed by atoms with Crippen LogP contribution < -0.4 is 10.1 Å². The van der Waals surface area contributed by atoms with Crippen molar-refractivity contribution in [2.24, 2.45) is 11.8 Å². The highest BCUT2D eigenvalue weighted by Gasteiger charge is 2.31. The van der Waals surface area contributed by atoms with Crippen molar-refractivity contribution in [1.29, 1.82) is 0 Å². The quantitative estimate of drug-likeness (QED) is 0.891. The summed E-state index contributed by atoms with van der Waals surface area (Å²) in [5, 5.41) is 1.76. The summed E-state index contributed by atoms with van der Waals surface area (Å²) in [7, 11) is 0. The molecular weight excluding hydrogens is 310 g/mol. The van der Waals surface area contributed by atoms with Gasteiger partial charge in [-0.3, -0.25) is 14.9 Å². The van der Waals surface area contributed by atoms with Crippen LogP contribution in [0.25, 0.3) is 0 Å². The van der Waals surface area contributed by atoms with Crippen LogP contribution in [0.5, 0.6) is 5.75 Å². The molecule has 124 valence electrons. The highest BCUT2D eigenvalue weighted by molar-refractivity contribution is 8.15. The summed E-state index contributed by atoms with van der Waals surface area (Å²) in [4.78, 5) is 22.8. The van der Waals surface area contributed by atoms with Gasteiger partial charge >= 0.3 is 0 Å². The van der Waals surface area contributed by atoms with E-state index in [0.29, 0.717) is 12.3 Å². The normalized spacial score (nSPS) is 27.8. The third-order valence-electron chi connectivity index (χ3n) is 4.73. The largest absolute Gasteiger partial charge is 0.493 e. The Bertz CT molecular complexity index is 564. The van der Waals surface area contributed by atoms with Gasteiger partial charge in [-0.25, -0.2) is 0 Å². The zero-order valence-corrected chi connectivity index (χ0v) is 14.2. The van der Waals surface area contributed by atoms with E-state index in [1.807, 2.05) is 24.3 Å². The van der Waals surface area contributed by atoms with Crippen molar-refractivity contribution in [3.8, 4) is 5.75 Å². The van der Waals surface area contributed by atoms with Crippen molar-refractivity contribution < 1.29 is 14.3 Å². The first-order chi connectivity index (χ1) is 11.1. The number of rotatable bonds is 5. The van der Waals surface area contributed by atoms with Crippen LogP contribution in [-0.2, 0) is 11.2 Å². The molecule has 0 aromatic heterocycles. The van der Waals surface area contributed by atoms with Crippen LogP contribution in [0.3, 0.4) is 0 Å². The Kier molecular flexibility index (Phi) is 5.26. The van der Waals surface area contributed by atoms with E-state index in [1.54, 1.807) is 0 Å². The van der Waals surface area contributed by atoms with Gasteiger partial charge in [0, 0.05) is 0 Å². The lowest BCUT2D eigenvalue weighted by Gasteiger charge is -2.26. The molecule has 1 saturated carbocycles. The van der Waals surface area contributed by atoms with Gasteiger partial charge < -0.3 is 4.74 Å². The number of amides is 2. The molecule has 1 aliphatic carbocycles. The lowest BCUT2D eigenvalue weighted by atomic mass is 9.83. The van der Waals surface area contributed by atoms with Crippen LogP contribution in [-0.4, -0.2) is 23.0 Å². The van der Waals surface area contributed by atoms with Gasteiger partial charge in [-0.15, -0.1) is 0 Å². The van der Waals surface area contributed by atoms with Crippen molar-refractivity contribution in [2.75, 3.05) is 6.61 Å². The number of thioether (sulfide) groups is 1. The molecule has 0 spiro atoms. The van der Waals surface area contributed by atoms with Crippen LogP contribution in [0, 0.1) is 11.8 Å². The van der Waals surface area contributed by atoms with Gasteiger partial charge in [-0.1, -0.05) is 43.7 Å². The number of imide groups is 1. The van der Waals surface area contributed by atoms with Crippen LogP contribution in [0.15, 0.2) is 24.3 Å². The molecule has 1 aliphatic heterocycles. The van der Waals surface area contributed by atoms with Crippen molar-refractivity contribution in [2.45, 2.75) is 44.3 Å². The first-order valence-electron chi connectivity index (χ1n) is 8.33. The van der Waals surface area contributed by atoms with E-state index < -0.39 is 0 Å². The standard InChI is InChI=1S/C18H23NO3S/c1-12-2-4-14(5-3-12)11-22-15-8-6-13(7-9-15)10-16-17(20)19-18(21)23-16/h6-9,12,14,16H,2-5,10-11H2,1H3,(H,19,20,21). The van der Waals surface area contributed by atoms with Gasteiger partial charge in [0.1, 0.15) is 5.75 Å². The molecule has 1 atom stereocenters. The Balaban J connectivity index is 1.47. The molecule has 0 bridgehead atoms. The maximum atomic E-state index is 11.6. The smallest absolute Gasteiger partial charge is 0.286 e. The Morgan fingerprint density at radius 1 is 1.13 bits per heavy atom.